The van der Waals surface area contributed by atoms with E-state index in [1.807, 2.05) is 38.1 Å². The molecule has 0 saturated carbocycles. The normalized spacial score (nSPS) is 12.5. The Morgan fingerprint density at radius 2 is 1.56 bits per heavy atom. The summed E-state index contributed by atoms with van der Waals surface area (Å²) in [6, 6.07) is 18.9. The zero-order valence-corrected chi connectivity index (χ0v) is 25.8. The van der Waals surface area contributed by atoms with Gasteiger partial charge in [0, 0.05) is 18.7 Å². The highest BCUT2D eigenvalue weighted by Crippen LogP contribution is 2.27. The first kappa shape index (κ1) is 33.0. The summed E-state index contributed by atoms with van der Waals surface area (Å²) in [5.74, 6) is -0.0778. The quantitative estimate of drug-likeness (QED) is 0.233. The number of unbranched alkanes of at least 4 members (excludes halogenated alkanes) is 1. The van der Waals surface area contributed by atoms with Gasteiger partial charge in [0.1, 0.15) is 29.2 Å². The fourth-order valence-corrected chi connectivity index (χ4v) is 4.52. The zero-order chi connectivity index (χ0) is 31.6. The number of rotatable bonds is 12. The van der Waals surface area contributed by atoms with Crippen LogP contribution in [0, 0.1) is 6.92 Å². The molecule has 2 unspecified atom stereocenters. The number of amides is 3. The molecule has 3 aromatic rings. The monoisotopic (exact) mass is 589 g/mol. The first-order valence-corrected chi connectivity index (χ1v) is 14.5. The predicted molar refractivity (Wildman–Crippen MR) is 167 cm³/mol. The summed E-state index contributed by atoms with van der Waals surface area (Å²) in [5.41, 5.74) is 2.15. The third-order valence-corrected chi connectivity index (χ3v) is 6.71. The number of alkyl carbamates (subject to hydrolysis) is 1. The van der Waals surface area contributed by atoms with Gasteiger partial charge in [0.2, 0.25) is 5.91 Å². The van der Waals surface area contributed by atoms with Crippen LogP contribution < -0.4 is 15.4 Å². The molecule has 230 valence electrons. The number of aromatic hydroxyl groups is 1. The van der Waals surface area contributed by atoms with Crippen molar-refractivity contribution in [3.05, 3.63) is 89.5 Å². The molecule has 0 heterocycles. The van der Waals surface area contributed by atoms with Gasteiger partial charge in [0.15, 0.2) is 0 Å². The van der Waals surface area contributed by atoms with Gasteiger partial charge < -0.3 is 30.1 Å². The minimum absolute atomic E-state index is 0.0888. The van der Waals surface area contributed by atoms with Crippen LogP contribution in [-0.2, 0) is 20.7 Å². The lowest BCUT2D eigenvalue weighted by Gasteiger charge is -2.34. The van der Waals surface area contributed by atoms with Gasteiger partial charge in [-0.3, -0.25) is 9.59 Å². The van der Waals surface area contributed by atoms with Crippen molar-refractivity contribution in [3.8, 4) is 11.5 Å². The summed E-state index contributed by atoms with van der Waals surface area (Å²) in [6.45, 7) is 9.48. The van der Waals surface area contributed by atoms with Crippen molar-refractivity contribution in [1.29, 1.82) is 0 Å². The number of benzene rings is 3. The molecule has 0 aliphatic heterocycles. The van der Waals surface area contributed by atoms with Gasteiger partial charge in [-0.2, -0.15) is 0 Å². The highest BCUT2D eigenvalue weighted by Gasteiger charge is 2.36. The smallest absolute Gasteiger partial charge is 0.408 e. The summed E-state index contributed by atoms with van der Waals surface area (Å²) in [7, 11) is 1.57. The number of hydrogen-bond acceptors (Lipinski definition) is 6. The van der Waals surface area contributed by atoms with E-state index in [4.69, 9.17) is 9.47 Å². The lowest BCUT2D eigenvalue weighted by molar-refractivity contribution is -0.140. The van der Waals surface area contributed by atoms with Crippen LogP contribution in [0.4, 0.5) is 10.5 Å². The first-order chi connectivity index (χ1) is 20.4. The second-order valence-electron chi connectivity index (χ2n) is 11.5. The highest BCUT2D eigenvalue weighted by atomic mass is 16.6. The van der Waals surface area contributed by atoms with Crippen LogP contribution in [0.5, 0.6) is 11.5 Å². The SMILES string of the molecule is CCCCN(C(=O)C(Cc1ccc(O)cc1)NC(=O)OC(C)(C)C)C(C(=O)Nc1ccc(OC)cc1)c1ccc(C)cc1. The maximum absolute atomic E-state index is 14.5. The van der Waals surface area contributed by atoms with E-state index in [0.29, 0.717) is 23.4 Å². The third kappa shape index (κ3) is 10.1. The van der Waals surface area contributed by atoms with E-state index in [9.17, 15) is 19.5 Å². The number of carbonyl (C=O) groups excluding carboxylic acids is 3. The number of ether oxygens (including phenoxy) is 2. The van der Waals surface area contributed by atoms with Gasteiger partial charge in [-0.1, -0.05) is 55.3 Å². The second-order valence-corrected chi connectivity index (χ2v) is 11.5. The van der Waals surface area contributed by atoms with Crippen LogP contribution in [0.1, 0.15) is 63.3 Å². The number of aryl methyl sites for hydroxylation is 1. The van der Waals surface area contributed by atoms with Gasteiger partial charge in [0.25, 0.3) is 5.91 Å². The summed E-state index contributed by atoms with van der Waals surface area (Å²) >= 11 is 0. The van der Waals surface area contributed by atoms with Crippen molar-refractivity contribution in [2.45, 2.75) is 71.6 Å². The molecule has 9 heteroatoms. The third-order valence-electron chi connectivity index (χ3n) is 6.71. The molecule has 3 rings (SSSR count). The van der Waals surface area contributed by atoms with Crippen molar-refractivity contribution >= 4 is 23.6 Å². The van der Waals surface area contributed by atoms with Gasteiger partial charge >= 0.3 is 6.09 Å². The van der Waals surface area contributed by atoms with E-state index in [2.05, 4.69) is 10.6 Å². The first-order valence-electron chi connectivity index (χ1n) is 14.5. The van der Waals surface area contributed by atoms with Crippen molar-refractivity contribution in [2.75, 3.05) is 19.0 Å². The van der Waals surface area contributed by atoms with Crippen LogP contribution in [0.15, 0.2) is 72.8 Å². The Labute approximate surface area is 254 Å². The van der Waals surface area contributed by atoms with Crippen molar-refractivity contribution in [3.63, 3.8) is 0 Å². The topological polar surface area (TPSA) is 117 Å². The van der Waals surface area contributed by atoms with Crippen LogP contribution in [0.3, 0.4) is 0 Å². The Morgan fingerprint density at radius 1 is 0.930 bits per heavy atom. The number of nitrogens with one attached hydrogen (secondary N) is 2. The molecule has 43 heavy (non-hydrogen) atoms. The van der Waals surface area contributed by atoms with Gasteiger partial charge in [-0.05, 0) is 81.6 Å². The molecule has 0 aromatic heterocycles. The minimum Gasteiger partial charge on any atom is -0.508 e. The number of anilines is 1. The molecule has 0 spiro atoms. The van der Waals surface area contributed by atoms with Crippen molar-refractivity contribution in [2.24, 2.45) is 0 Å². The maximum atomic E-state index is 14.5. The van der Waals surface area contributed by atoms with Gasteiger partial charge in [-0.15, -0.1) is 0 Å². The van der Waals surface area contributed by atoms with Crippen molar-refractivity contribution < 1.29 is 29.0 Å². The molecule has 3 aromatic carbocycles. The fraction of sp³-hybridized carbons (Fsp3) is 0.382. The standard InChI is InChI=1S/C34H43N3O6/c1-7-8-21-37(32(40)29(36-33(41)43-34(3,4)5)22-24-11-17-27(38)18-12-24)30(25-13-9-23(2)10-14-25)31(39)35-26-15-19-28(42-6)20-16-26/h9-20,29-30,38H,7-8,21-22H2,1-6H3,(H,35,39)(H,36,41). The van der Waals surface area contributed by atoms with Crippen LogP contribution in [0.2, 0.25) is 0 Å². The molecular weight excluding hydrogens is 546 g/mol. The average Bonchev–Trinajstić information content (AvgIpc) is 2.95. The minimum atomic E-state index is -1.04. The number of nitrogens with zero attached hydrogens (tertiary/aromatic N) is 1. The summed E-state index contributed by atoms with van der Waals surface area (Å²) in [5, 5.41) is 15.5. The number of hydrogen-bond donors (Lipinski definition) is 3. The summed E-state index contributed by atoms with van der Waals surface area (Å²) in [4.78, 5) is 42.9. The number of methoxy groups -OCH3 is 1. The Balaban J connectivity index is 2.04. The van der Waals surface area contributed by atoms with Crippen LogP contribution >= 0.6 is 0 Å². The number of carbonyl (C=O) groups is 3. The van der Waals surface area contributed by atoms with Gasteiger partial charge in [-0.25, -0.2) is 4.79 Å². The van der Waals surface area contributed by atoms with E-state index < -0.39 is 29.7 Å². The summed E-state index contributed by atoms with van der Waals surface area (Å²) < 4.78 is 10.7. The fourth-order valence-electron chi connectivity index (χ4n) is 4.52. The lowest BCUT2D eigenvalue weighted by Crippen LogP contribution is -2.53. The van der Waals surface area contributed by atoms with E-state index >= 15 is 0 Å². The molecule has 3 amide bonds. The Hall–Kier alpha value is -4.53. The molecule has 2 atom stereocenters. The summed E-state index contributed by atoms with van der Waals surface area (Å²) in [6.07, 6.45) is 0.811. The number of phenolic OH excluding ortho intramolecular Hbond substituents is 1. The van der Waals surface area contributed by atoms with E-state index in [1.165, 1.54) is 17.0 Å². The predicted octanol–water partition coefficient (Wildman–Crippen LogP) is 6.15. The second kappa shape index (κ2) is 15.1. The average molecular weight is 590 g/mol. The molecule has 9 nitrogen and oxygen atoms in total. The van der Waals surface area contributed by atoms with Crippen LogP contribution in [0.25, 0.3) is 0 Å². The van der Waals surface area contributed by atoms with Crippen molar-refractivity contribution in [1.82, 2.24) is 10.2 Å². The zero-order valence-electron chi connectivity index (χ0n) is 25.8. The Kier molecular flexibility index (Phi) is 11.6. The lowest BCUT2D eigenvalue weighted by atomic mass is 9.99. The molecule has 0 fully saturated rings. The Bertz CT molecular complexity index is 1350. The molecule has 0 radical (unpaired) electrons. The molecule has 0 saturated heterocycles. The van der Waals surface area contributed by atoms with Gasteiger partial charge in [0.05, 0.1) is 7.11 Å². The highest BCUT2D eigenvalue weighted by molar-refractivity contribution is 5.99. The maximum Gasteiger partial charge on any atom is 0.408 e. The molecule has 0 bridgehead atoms. The largest absolute Gasteiger partial charge is 0.508 e. The van der Waals surface area contributed by atoms with E-state index in [1.54, 1.807) is 64.3 Å². The van der Waals surface area contributed by atoms with E-state index in [-0.39, 0.29) is 24.6 Å². The molecule has 3 N–H and O–H groups in total. The molecule has 0 aliphatic rings. The molecular formula is C34H43N3O6. The Morgan fingerprint density at radius 3 is 2.12 bits per heavy atom. The van der Waals surface area contributed by atoms with E-state index in [0.717, 1.165) is 17.5 Å². The molecule has 0 aliphatic carbocycles. The van der Waals surface area contributed by atoms with Crippen LogP contribution in [-0.4, -0.2) is 53.2 Å². The number of phenols is 1.